The summed E-state index contributed by atoms with van der Waals surface area (Å²) >= 11 is 0. The van der Waals surface area contributed by atoms with Gasteiger partial charge in [-0.25, -0.2) is 0 Å². The highest BCUT2D eigenvalue weighted by Gasteiger charge is 2.37. The number of benzene rings is 1. The molecule has 2 heterocycles. The molecule has 3 N–H and O–H groups in total. The number of carbonyl (C=O) groups is 2. The molecule has 0 radical (unpaired) electrons. The average Bonchev–Trinajstić information content (AvgIpc) is 3.22. The van der Waals surface area contributed by atoms with E-state index in [0.29, 0.717) is 25.0 Å². The second-order valence-corrected chi connectivity index (χ2v) is 9.67. The maximum atomic E-state index is 12.9. The van der Waals surface area contributed by atoms with Crippen molar-refractivity contribution in [2.45, 2.75) is 62.9 Å². The molecule has 1 aliphatic carbocycles. The Balaban J connectivity index is 1.23. The normalized spacial score (nSPS) is 24.9. The summed E-state index contributed by atoms with van der Waals surface area (Å²) < 4.78 is 38.6. The lowest BCUT2D eigenvalue weighted by atomic mass is 9.83. The number of β-amino-alcohol motifs (C(OH)–C–C–N with tert-alkyl or cyclic N) is 1. The molecule has 0 unspecified atom stereocenters. The Labute approximate surface area is 208 Å². The van der Waals surface area contributed by atoms with E-state index in [0.717, 1.165) is 55.3 Å². The summed E-state index contributed by atoms with van der Waals surface area (Å²) in [5, 5.41) is 15.6. The van der Waals surface area contributed by atoms with Gasteiger partial charge >= 0.3 is 6.18 Å². The minimum absolute atomic E-state index is 0.179. The van der Waals surface area contributed by atoms with E-state index >= 15 is 0 Å². The molecule has 7 nitrogen and oxygen atoms in total. The van der Waals surface area contributed by atoms with Crippen molar-refractivity contribution in [3.63, 3.8) is 0 Å². The molecule has 36 heavy (non-hydrogen) atoms. The lowest BCUT2D eigenvalue weighted by Gasteiger charge is -2.34. The molecule has 194 valence electrons. The van der Waals surface area contributed by atoms with Gasteiger partial charge in [0, 0.05) is 42.0 Å². The van der Waals surface area contributed by atoms with Gasteiger partial charge in [-0.2, -0.15) is 13.2 Å². The van der Waals surface area contributed by atoms with E-state index in [1.165, 1.54) is 6.07 Å². The highest BCUT2D eigenvalue weighted by Crippen LogP contribution is 2.35. The van der Waals surface area contributed by atoms with Crippen LogP contribution in [-0.4, -0.2) is 64.6 Å². The van der Waals surface area contributed by atoms with Crippen LogP contribution in [0.5, 0.6) is 0 Å². The summed E-state index contributed by atoms with van der Waals surface area (Å²) in [7, 11) is 0. The number of aromatic nitrogens is 1. The number of aliphatic hydroxyl groups excluding tert-OH is 1. The first-order valence-electron chi connectivity index (χ1n) is 12.2. The van der Waals surface area contributed by atoms with Gasteiger partial charge in [0.25, 0.3) is 5.91 Å². The van der Waals surface area contributed by atoms with E-state index in [1.54, 1.807) is 0 Å². The number of alkyl halides is 3. The smallest absolute Gasteiger partial charge is 0.390 e. The van der Waals surface area contributed by atoms with Crippen molar-refractivity contribution < 1.29 is 27.9 Å². The van der Waals surface area contributed by atoms with Crippen molar-refractivity contribution >= 4 is 11.8 Å². The van der Waals surface area contributed by atoms with Crippen molar-refractivity contribution in [1.29, 1.82) is 0 Å². The van der Waals surface area contributed by atoms with Crippen LogP contribution < -0.4 is 10.6 Å². The minimum atomic E-state index is -4.56. The highest BCUT2D eigenvalue weighted by atomic mass is 19.4. The number of hydrogen-bond donors (Lipinski definition) is 3. The first-order valence-corrected chi connectivity index (χ1v) is 12.2. The van der Waals surface area contributed by atoms with Gasteiger partial charge in [0.1, 0.15) is 0 Å². The van der Waals surface area contributed by atoms with E-state index in [4.69, 9.17) is 0 Å². The molecule has 1 saturated heterocycles. The maximum Gasteiger partial charge on any atom is 0.416 e. The summed E-state index contributed by atoms with van der Waals surface area (Å²) in [6.07, 6.45) is -1.28. The third kappa shape index (κ3) is 6.41. The van der Waals surface area contributed by atoms with Crippen molar-refractivity contribution in [2.24, 2.45) is 0 Å². The van der Waals surface area contributed by atoms with Crippen LogP contribution in [0.1, 0.15) is 58.9 Å². The molecule has 0 bridgehead atoms. The van der Waals surface area contributed by atoms with E-state index < -0.39 is 42.2 Å². The summed E-state index contributed by atoms with van der Waals surface area (Å²) in [4.78, 5) is 31.5. The van der Waals surface area contributed by atoms with Crippen molar-refractivity contribution in [3.8, 4) is 0 Å². The first kappa shape index (κ1) is 26.1. The van der Waals surface area contributed by atoms with Crippen LogP contribution in [0, 0.1) is 6.92 Å². The number of aryl methyl sites for hydroxylation is 1. The Bertz CT molecular complexity index is 1090. The monoisotopic (exact) mass is 504 g/mol. The zero-order valence-electron chi connectivity index (χ0n) is 20.1. The summed E-state index contributed by atoms with van der Waals surface area (Å²) in [5.74, 6) is -0.843. The molecule has 2 aliphatic rings. The third-order valence-corrected chi connectivity index (χ3v) is 7.07. The number of aliphatic hydroxyl groups is 1. The van der Waals surface area contributed by atoms with Gasteiger partial charge in [-0.3, -0.25) is 19.5 Å². The molecule has 2 atom stereocenters. The number of pyridine rings is 1. The van der Waals surface area contributed by atoms with Gasteiger partial charge in [0.2, 0.25) is 5.91 Å². The maximum absolute atomic E-state index is 12.9. The largest absolute Gasteiger partial charge is 0.416 e. The zero-order chi connectivity index (χ0) is 25.9. The van der Waals surface area contributed by atoms with Crippen molar-refractivity contribution in [3.05, 3.63) is 65.0 Å². The SMILES string of the molecule is Cc1cccc(C2CCC(N3C[C@@H](O)[C@@H](NC(=O)CNC(=O)c4cccc(C(F)(F)F)c4)C3)CC2)n1. The topological polar surface area (TPSA) is 94.6 Å². The van der Waals surface area contributed by atoms with Crippen LogP contribution in [0.2, 0.25) is 0 Å². The molecule has 2 fully saturated rings. The predicted molar refractivity (Wildman–Crippen MR) is 127 cm³/mol. The number of likely N-dealkylation sites (tertiary alicyclic amines) is 1. The lowest BCUT2D eigenvalue weighted by Crippen LogP contribution is -2.47. The zero-order valence-corrected chi connectivity index (χ0v) is 20.1. The number of halogens is 3. The number of carbonyl (C=O) groups excluding carboxylic acids is 2. The summed E-state index contributed by atoms with van der Waals surface area (Å²) in [6, 6.07) is 9.98. The molecule has 1 aliphatic heterocycles. The van der Waals surface area contributed by atoms with Crippen molar-refractivity contribution in [1.82, 2.24) is 20.5 Å². The van der Waals surface area contributed by atoms with Gasteiger partial charge < -0.3 is 15.7 Å². The highest BCUT2D eigenvalue weighted by molar-refractivity contribution is 5.96. The molecule has 0 spiro atoms. The van der Waals surface area contributed by atoms with Crippen LogP contribution in [-0.2, 0) is 11.0 Å². The van der Waals surface area contributed by atoms with Crippen molar-refractivity contribution in [2.75, 3.05) is 19.6 Å². The van der Waals surface area contributed by atoms with Gasteiger partial charge in [-0.1, -0.05) is 12.1 Å². The second kappa shape index (κ2) is 11.0. The predicted octanol–water partition coefficient (Wildman–Crippen LogP) is 3.03. The summed E-state index contributed by atoms with van der Waals surface area (Å²) in [5.41, 5.74) is 1.04. The molecule has 2 amide bonds. The minimum Gasteiger partial charge on any atom is -0.390 e. The second-order valence-electron chi connectivity index (χ2n) is 9.67. The molecule has 1 aromatic carbocycles. The average molecular weight is 505 g/mol. The Morgan fingerprint density at radius 1 is 1.08 bits per heavy atom. The van der Waals surface area contributed by atoms with E-state index in [2.05, 4.69) is 26.6 Å². The fourth-order valence-corrected chi connectivity index (χ4v) is 5.14. The third-order valence-electron chi connectivity index (χ3n) is 7.07. The lowest BCUT2D eigenvalue weighted by molar-refractivity contribution is -0.137. The Morgan fingerprint density at radius 3 is 2.50 bits per heavy atom. The van der Waals surface area contributed by atoms with Gasteiger partial charge in [-0.05, 0) is 62.9 Å². The van der Waals surface area contributed by atoms with Gasteiger partial charge in [0.05, 0.1) is 24.3 Å². The first-order chi connectivity index (χ1) is 17.1. The number of rotatable bonds is 6. The van der Waals surface area contributed by atoms with Gasteiger partial charge in [0.15, 0.2) is 0 Å². The van der Waals surface area contributed by atoms with E-state index in [9.17, 15) is 27.9 Å². The molecular weight excluding hydrogens is 473 g/mol. The van der Waals surface area contributed by atoms with Crippen LogP contribution >= 0.6 is 0 Å². The molecule has 1 saturated carbocycles. The number of nitrogens with one attached hydrogen (secondary N) is 2. The quantitative estimate of drug-likeness (QED) is 0.562. The fraction of sp³-hybridized carbons (Fsp3) is 0.500. The fourth-order valence-electron chi connectivity index (χ4n) is 5.14. The molecule has 2 aromatic rings. The Hall–Kier alpha value is -2.98. The number of nitrogens with zero attached hydrogens (tertiary/aromatic N) is 2. The van der Waals surface area contributed by atoms with Crippen LogP contribution in [0.15, 0.2) is 42.5 Å². The van der Waals surface area contributed by atoms with Gasteiger partial charge in [-0.15, -0.1) is 0 Å². The van der Waals surface area contributed by atoms with Crippen LogP contribution in [0.4, 0.5) is 13.2 Å². The Kier molecular flexibility index (Phi) is 7.94. The molecular formula is C26H31F3N4O3. The summed E-state index contributed by atoms with van der Waals surface area (Å²) in [6.45, 7) is 2.56. The van der Waals surface area contributed by atoms with Crippen LogP contribution in [0.25, 0.3) is 0 Å². The number of amides is 2. The standard InChI is InChI=1S/C26H31F3N4O3/c1-16-4-2-7-21(31-16)17-8-10-20(11-9-17)33-14-22(23(34)15-33)32-24(35)13-30-25(36)18-5-3-6-19(12-18)26(27,28)29/h2-7,12,17,20,22-23,34H,8-11,13-15H2,1H3,(H,30,36)(H,32,35)/t17?,20?,22-,23+/m0/s1. The Morgan fingerprint density at radius 2 is 1.81 bits per heavy atom. The molecule has 4 rings (SSSR count). The van der Waals surface area contributed by atoms with E-state index in [-0.39, 0.29) is 5.56 Å². The molecule has 10 heteroatoms. The van der Waals surface area contributed by atoms with E-state index in [1.807, 2.05) is 19.1 Å². The number of hydrogen-bond acceptors (Lipinski definition) is 5. The molecule has 1 aromatic heterocycles. The van der Waals surface area contributed by atoms with Crippen LogP contribution in [0.3, 0.4) is 0 Å².